The maximum absolute atomic E-state index is 11.5. The molecule has 0 bridgehead atoms. The normalized spacial score (nSPS) is 27.8. The molecule has 3 N–H and O–H groups in total. The number of carbonyl (C=O) groups excluding carboxylic acids is 1. The van der Waals surface area contributed by atoms with Gasteiger partial charge in [0.05, 0.1) is 5.75 Å². The number of carbonyl (C=O) groups is 1. The molecule has 0 saturated heterocycles. The topological polar surface area (TPSA) is 89.3 Å². The number of sulfonamides is 1. The van der Waals surface area contributed by atoms with Crippen molar-refractivity contribution in [2.75, 3.05) is 5.75 Å². The first kappa shape index (κ1) is 15.4. The molecule has 1 aliphatic rings. The highest BCUT2D eigenvalue weighted by Gasteiger charge is 2.56. The summed E-state index contributed by atoms with van der Waals surface area (Å²) in [6.07, 6.45) is 2.50. The van der Waals surface area contributed by atoms with Gasteiger partial charge in [-0.05, 0) is 12.8 Å². The Bertz CT molecular complexity index is 382. The monoisotopic (exact) mass is 268 g/mol. The molecular weight excluding hydrogens is 252 g/mol. The highest BCUT2D eigenvalue weighted by Crippen LogP contribution is 2.41. The Hall–Kier alpha value is -0.590. The highest BCUT2D eigenvalue weighted by atomic mass is 35.5. The van der Waals surface area contributed by atoms with Crippen molar-refractivity contribution < 1.29 is 13.2 Å². The molecule has 2 unspecified atom stereocenters. The summed E-state index contributed by atoms with van der Waals surface area (Å²) in [5.74, 6) is -0.803. The van der Waals surface area contributed by atoms with Crippen LogP contribution in [0.4, 0.5) is 0 Å². The summed E-state index contributed by atoms with van der Waals surface area (Å²) >= 11 is 0. The summed E-state index contributed by atoms with van der Waals surface area (Å²) in [6.45, 7) is 5.25. The van der Waals surface area contributed by atoms with Crippen LogP contribution in [0.25, 0.3) is 0 Å². The Morgan fingerprint density at radius 2 is 2.25 bits per heavy atom. The van der Waals surface area contributed by atoms with E-state index in [4.69, 9.17) is 5.73 Å². The second kappa shape index (κ2) is 5.16. The second-order valence-electron chi connectivity index (χ2n) is 3.84. The molecule has 16 heavy (non-hydrogen) atoms. The van der Waals surface area contributed by atoms with Gasteiger partial charge in [-0.1, -0.05) is 13.0 Å². The van der Waals surface area contributed by atoms with Crippen LogP contribution < -0.4 is 10.5 Å². The predicted molar refractivity (Wildman–Crippen MR) is 64.7 cm³/mol. The molecule has 7 heteroatoms. The minimum atomic E-state index is -3.52. The lowest BCUT2D eigenvalue weighted by Crippen LogP contribution is -2.47. The first-order valence-corrected chi connectivity index (χ1v) is 6.47. The van der Waals surface area contributed by atoms with E-state index in [0.29, 0.717) is 12.8 Å². The van der Waals surface area contributed by atoms with E-state index in [-0.39, 0.29) is 24.1 Å². The minimum Gasteiger partial charge on any atom is -0.317 e. The molecule has 2 atom stereocenters. The molecule has 1 fully saturated rings. The van der Waals surface area contributed by atoms with Crippen molar-refractivity contribution in [3.8, 4) is 0 Å². The fourth-order valence-electron chi connectivity index (χ4n) is 1.42. The minimum absolute atomic E-state index is 0. The van der Waals surface area contributed by atoms with Crippen LogP contribution in [0.1, 0.15) is 19.8 Å². The molecule has 94 valence electrons. The average Bonchev–Trinajstić information content (AvgIpc) is 2.77. The number of hydrogen-bond acceptors (Lipinski definition) is 4. The molecule has 1 amide bonds. The van der Waals surface area contributed by atoms with Gasteiger partial charge in [-0.15, -0.1) is 19.0 Å². The van der Waals surface area contributed by atoms with Crippen LogP contribution in [0.5, 0.6) is 0 Å². The van der Waals surface area contributed by atoms with Crippen molar-refractivity contribution in [2.45, 2.75) is 25.3 Å². The summed E-state index contributed by atoms with van der Waals surface area (Å²) in [7, 11) is -3.52. The molecule has 0 aliphatic heterocycles. The van der Waals surface area contributed by atoms with Crippen LogP contribution in [0.2, 0.25) is 0 Å². The summed E-state index contributed by atoms with van der Waals surface area (Å²) in [6, 6.07) is 0. The Morgan fingerprint density at radius 1 is 1.69 bits per heavy atom. The number of hydrogen-bond donors (Lipinski definition) is 2. The zero-order valence-corrected chi connectivity index (χ0v) is 10.7. The quantitative estimate of drug-likeness (QED) is 0.696. The molecule has 1 aliphatic carbocycles. The van der Waals surface area contributed by atoms with Crippen molar-refractivity contribution in [3.05, 3.63) is 12.7 Å². The molecule has 0 spiro atoms. The van der Waals surface area contributed by atoms with E-state index < -0.39 is 21.5 Å². The zero-order chi connectivity index (χ0) is 11.7. The molecule has 0 radical (unpaired) electrons. The van der Waals surface area contributed by atoms with E-state index in [1.165, 1.54) is 0 Å². The molecule has 0 aromatic rings. The van der Waals surface area contributed by atoms with Crippen LogP contribution in [0.3, 0.4) is 0 Å². The molecule has 0 heterocycles. The lowest BCUT2D eigenvalue weighted by Gasteiger charge is -2.11. The van der Waals surface area contributed by atoms with E-state index in [1.54, 1.807) is 13.0 Å². The van der Waals surface area contributed by atoms with Gasteiger partial charge < -0.3 is 5.73 Å². The van der Waals surface area contributed by atoms with Gasteiger partial charge in [-0.3, -0.25) is 9.52 Å². The molecular formula is C9H17ClN2O3S. The van der Waals surface area contributed by atoms with Crippen LogP contribution in [-0.2, 0) is 14.8 Å². The Kier molecular flexibility index (Phi) is 4.97. The Balaban J connectivity index is 0.00000225. The van der Waals surface area contributed by atoms with Gasteiger partial charge in [0.1, 0.15) is 5.54 Å². The highest BCUT2D eigenvalue weighted by molar-refractivity contribution is 7.90. The zero-order valence-electron chi connectivity index (χ0n) is 9.10. The molecule has 1 saturated carbocycles. The van der Waals surface area contributed by atoms with Crippen LogP contribution in [0.15, 0.2) is 12.7 Å². The van der Waals surface area contributed by atoms with E-state index in [0.717, 1.165) is 0 Å². The summed E-state index contributed by atoms with van der Waals surface area (Å²) in [5.41, 5.74) is 4.63. The average molecular weight is 269 g/mol. The number of halogens is 1. The second-order valence-corrected chi connectivity index (χ2v) is 5.68. The number of amides is 1. The van der Waals surface area contributed by atoms with Crippen LogP contribution >= 0.6 is 12.4 Å². The van der Waals surface area contributed by atoms with Gasteiger partial charge in [0.25, 0.3) is 5.91 Å². The van der Waals surface area contributed by atoms with Crippen molar-refractivity contribution in [1.82, 2.24) is 4.72 Å². The van der Waals surface area contributed by atoms with E-state index in [9.17, 15) is 13.2 Å². The van der Waals surface area contributed by atoms with E-state index >= 15 is 0 Å². The van der Waals surface area contributed by atoms with E-state index in [1.807, 2.05) is 4.72 Å². The van der Waals surface area contributed by atoms with Crippen molar-refractivity contribution in [3.63, 3.8) is 0 Å². The molecule has 5 nitrogen and oxygen atoms in total. The lowest BCUT2D eigenvalue weighted by atomic mass is 10.2. The Labute approximate surface area is 102 Å². The largest absolute Gasteiger partial charge is 0.317 e. The van der Waals surface area contributed by atoms with Gasteiger partial charge in [0, 0.05) is 5.92 Å². The molecule has 0 aromatic heterocycles. The smallest absolute Gasteiger partial charge is 0.254 e. The summed E-state index contributed by atoms with van der Waals surface area (Å²) < 4.78 is 24.6. The predicted octanol–water partition coefficient (Wildman–Crippen LogP) is 0.168. The van der Waals surface area contributed by atoms with Gasteiger partial charge >= 0.3 is 0 Å². The standard InChI is InChI=1S/C9H16N2O3S.ClH/c1-3-5-15(13,14)11-8(12)9(10)6-7(9)4-2;/h4,7H,2-3,5-6,10H2,1H3,(H,11,12);1H. The maximum Gasteiger partial charge on any atom is 0.254 e. The first-order chi connectivity index (χ1) is 6.85. The van der Waals surface area contributed by atoms with Gasteiger partial charge in [-0.25, -0.2) is 8.42 Å². The Morgan fingerprint density at radius 3 is 2.62 bits per heavy atom. The van der Waals surface area contributed by atoms with Crippen molar-refractivity contribution in [2.24, 2.45) is 11.7 Å². The molecule has 0 aromatic carbocycles. The third-order valence-electron chi connectivity index (χ3n) is 2.49. The van der Waals surface area contributed by atoms with Crippen molar-refractivity contribution in [1.29, 1.82) is 0 Å². The third-order valence-corrected chi connectivity index (χ3v) is 3.93. The van der Waals surface area contributed by atoms with Gasteiger partial charge in [0.2, 0.25) is 10.0 Å². The van der Waals surface area contributed by atoms with Crippen LogP contribution in [-0.4, -0.2) is 25.6 Å². The fraction of sp³-hybridized carbons (Fsp3) is 0.667. The fourth-order valence-corrected chi connectivity index (χ4v) is 2.53. The maximum atomic E-state index is 11.5. The summed E-state index contributed by atoms with van der Waals surface area (Å²) in [4.78, 5) is 11.5. The van der Waals surface area contributed by atoms with Crippen LogP contribution in [0, 0.1) is 5.92 Å². The van der Waals surface area contributed by atoms with Gasteiger partial charge in [-0.2, -0.15) is 0 Å². The SMILES string of the molecule is C=CC1CC1(N)C(=O)NS(=O)(=O)CCC.Cl. The lowest BCUT2D eigenvalue weighted by molar-refractivity contribution is -0.121. The first-order valence-electron chi connectivity index (χ1n) is 4.82. The number of rotatable bonds is 5. The van der Waals surface area contributed by atoms with Crippen molar-refractivity contribution >= 4 is 28.3 Å². The summed E-state index contributed by atoms with van der Waals surface area (Å²) in [5, 5.41) is 0. The van der Waals surface area contributed by atoms with Gasteiger partial charge in [0.15, 0.2) is 0 Å². The molecule has 1 rings (SSSR count). The number of nitrogens with two attached hydrogens (primary N) is 1. The third kappa shape index (κ3) is 3.20. The van der Waals surface area contributed by atoms with E-state index in [2.05, 4.69) is 6.58 Å². The number of nitrogens with one attached hydrogen (secondary N) is 1.